The minimum atomic E-state index is 0.427. The predicted octanol–water partition coefficient (Wildman–Crippen LogP) is 4.39. The van der Waals surface area contributed by atoms with Crippen molar-refractivity contribution in [1.82, 2.24) is 4.98 Å². The molecule has 2 aromatic rings. The molecule has 0 bridgehead atoms. The van der Waals surface area contributed by atoms with Crippen LogP contribution in [0.2, 0.25) is 5.02 Å². The highest BCUT2D eigenvalue weighted by atomic mass is 79.9. The second-order valence-corrected chi connectivity index (χ2v) is 6.18. The normalized spacial score (nSPS) is 17.3. The van der Waals surface area contributed by atoms with Gasteiger partial charge in [-0.05, 0) is 70.6 Å². The van der Waals surface area contributed by atoms with Crippen molar-refractivity contribution < 1.29 is 0 Å². The van der Waals surface area contributed by atoms with Gasteiger partial charge in [0.1, 0.15) is 4.60 Å². The fraction of sp³-hybridized carbons (Fsp3) is 0.267. The zero-order chi connectivity index (χ0) is 13.4. The summed E-state index contributed by atoms with van der Waals surface area (Å²) in [4.78, 5) is 4.32. The Morgan fingerprint density at radius 1 is 1.26 bits per heavy atom. The zero-order valence-corrected chi connectivity index (χ0v) is 12.9. The van der Waals surface area contributed by atoms with Crippen LogP contribution in [0.25, 0.3) is 0 Å². The van der Waals surface area contributed by atoms with Crippen LogP contribution in [0.15, 0.2) is 35.1 Å². The monoisotopic (exact) mass is 336 g/mol. The van der Waals surface area contributed by atoms with Crippen molar-refractivity contribution in [2.75, 3.05) is 5.32 Å². The smallest absolute Gasteiger partial charge is 0.109 e. The predicted molar refractivity (Wildman–Crippen MR) is 82.9 cm³/mol. The number of fused-ring (bicyclic) bond motifs is 1. The number of aryl methyl sites for hydroxylation is 1. The molecule has 0 amide bonds. The maximum Gasteiger partial charge on any atom is 0.109 e. The third kappa shape index (κ3) is 2.77. The lowest BCUT2D eigenvalue weighted by Crippen LogP contribution is -2.19. The Kier molecular flexibility index (Phi) is 3.50. The average Bonchev–Trinajstić information content (AvgIpc) is 2.75. The van der Waals surface area contributed by atoms with Crippen LogP contribution < -0.4 is 5.32 Å². The Hall–Kier alpha value is -1.06. The first-order valence-corrected chi connectivity index (χ1v) is 7.45. The first-order chi connectivity index (χ1) is 9.11. The molecule has 1 aliphatic carbocycles. The molecule has 1 N–H and O–H groups in total. The van der Waals surface area contributed by atoms with Gasteiger partial charge < -0.3 is 5.32 Å². The van der Waals surface area contributed by atoms with Gasteiger partial charge in [0, 0.05) is 11.1 Å². The van der Waals surface area contributed by atoms with E-state index in [0.29, 0.717) is 6.04 Å². The Morgan fingerprint density at radius 2 is 2.05 bits per heavy atom. The fourth-order valence-electron chi connectivity index (χ4n) is 2.56. The molecule has 1 aromatic carbocycles. The lowest BCUT2D eigenvalue weighted by atomic mass is 10.1. The molecule has 1 aliphatic rings. The van der Waals surface area contributed by atoms with Gasteiger partial charge in [0.2, 0.25) is 0 Å². The average molecular weight is 338 g/mol. The molecule has 0 radical (unpaired) electrons. The van der Waals surface area contributed by atoms with Gasteiger partial charge in [-0.1, -0.05) is 17.7 Å². The highest BCUT2D eigenvalue weighted by Crippen LogP contribution is 2.27. The molecule has 19 heavy (non-hydrogen) atoms. The summed E-state index contributed by atoms with van der Waals surface area (Å²) in [6.07, 6.45) is 3.93. The second kappa shape index (κ2) is 5.14. The number of nitrogens with one attached hydrogen (secondary N) is 1. The molecule has 1 unspecified atom stereocenters. The second-order valence-electron chi connectivity index (χ2n) is 4.99. The highest BCUT2D eigenvalue weighted by Gasteiger charge is 2.21. The van der Waals surface area contributed by atoms with Gasteiger partial charge in [0.05, 0.1) is 11.9 Å². The Balaban J connectivity index is 1.75. The zero-order valence-electron chi connectivity index (χ0n) is 10.6. The van der Waals surface area contributed by atoms with Gasteiger partial charge in [0.15, 0.2) is 0 Å². The number of rotatable bonds is 2. The molecule has 98 valence electrons. The quantitative estimate of drug-likeness (QED) is 0.822. The van der Waals surface area contributed by atoms with Crippen molar-refractivity contribution in [1.29, 1.82) is 0 Å². The molecule has 0 spiro atoms. The van der Waals surface area contributed by atoms with Gasteiger partial charge in [-0.15, -0.1) is 0 Å². The summed E-state index contributed by atoms with van der Waals surface area (Å²) in [5.41, 5.74) is 4.96. The topological polar surface area (TPSA) is 24.9 Å². The first-order valence-electron chi connectivity index (χ1n) is 6.28. The van der Waals surface area contributed by atoms with Gasteiger partial charge in [-0.2, -0.15) is 0 Å². The summed E-state index contributed by atoms with van der Waals surface area (Å²) in [5, 5.41) is 4.37. The van der Waals surface area contributed by atoms with E-state index in [9.17, 15) is 0 Å². The minimum Gasteiger partial charge on any atom is -0.380 e. The molecule has 3 rings (SSSR count). The SMILES string of the molecule is Cc1cc(NC2Cc3ccc(Cl)cc3C2)cnc1Br. The Morgan fingerprint density at radius 3 is 2.84 bits per heavy atom. The van der Waals surface area contributed by atoms with Crippen LogP contribution in [-0.4, -0.2) is 11.0 Å². The van der Waals surface area contributed by atoms with Crippen LogP contribution in [0, 0.1) is 6.92 Å². The van der Waals surface area contributed by atoms with Gasteiger partial charge >= 0.3 is 0 Å². The maximum absolute atomic E-state index is 6.03. The molecule has 0 aliphatic heterocycles. The van der Waals surface area contributed by atoms with Crippen molar-refractivity contribution in [2.45, 2.75) is 25.8 Å². The summed E-state index contributed by atoms with van der Waals surface area (Å²) in [6, 6.07) is 8.71. The molecule has 1 atom stereocenters. The van der Waals surface area contributed by atoms with Crippen LogP contribution >= 0.6 is 27.5 Å². The van der Waals surface area contributed by atoms with Crippen LogP contribution in [0.4, 0.5) is 5.69 Å². The molecule has 1 heterocycles. The van der Waals surface area contributed by atoms with Crippen molar-refractivity contribution in [3.63, 3.8) is 0 Å². The van der Waals surface area contributed by atoms with E-state index in [-0.39, 0.29) is 0 Å². The van der Waals surface area contributed by atoms with Crippen molar-refractivity contribution in [2.24, 2.45) is 0 Å². The van der Waals surface area contributed by atoms with Gasteiger partial charge in [0.25, 0.3) is 0 Å². The minimum absolute atomic E-state index is 0.427. The molecule has 0 saturated carbocycles. The summed E-state index contributed by atoms with van der Waals surface area (Å²) < 4.78 is 0.902. The van der Waals surface area contributed by atoms with Crippen molar-refractivity contribution >= 4 is 33.2 Å². The molecule has 2 nitrogen and oxygen atoms in total. The summed E-state index contributed by atoms with van der Waals surface area (Å²) in [5.74, 6) is 0. The molecular formula is C15H14BrClN2. The largest absolute Gasteiger partial charge is 0.380 e. The van der Waals surface area contributed by atoms with E-state index in [1.54, 1.807) is 0 Å². The third-order valence-electron chi connectivity index (χ3n) is 3.49. The number of aromatic nitrogens is 1. The lowest BCUT2D eigenvalue weighted by molar-refractivity contribution is 0.773. The van der Waals surface area contributed by atoms with Crippen LogP contribution in [-0.2, 0) is 12.8 Å². The number of nitrogens with zero attached hydrogens (tertiary/aromatic N) is 1. The van der Waals surface area contributed by atoms with Gasteiger partial charge in [-0.25, -0.2) is 4.98 Å². The van der Waals surface area contributed by atoms with E-state index < -0.39 is 0 Å². The first kappa shape index (κ1) is 12.9. The number of hydrogen-bond acceptors (Lipinski definition) is 2. The third-order valence-corrected chi connectivity index (χ3v) is 4.55. The van der Waals surface area contributed by atoms with Crippen molar-refractivity contribution in [3.05, 3.63) is 56.8 Å². The van der Waals surface area contributed by atoms with Gasteiger partial charge in [-0.3, -0.25) is 0 Å². The van der Waals surface area contributed by atoms with E-state index in [1.165, 1.54) is 11.1 Å². The number of benzene rings is 1. The molecule has 1 aromatic heterocycles. The lowest BCUT2D eigenvalue weighted by Gasteiger charge is -2.14. The van der Waals surface area contributed by atoms with E-state index in [4.69, 9.17) is 11.6 Å². The summed E-state index contributed by atoms with van der Waals surface area (Å²) in [7, 11) is 0. The van der Waals surface area contributed by atoms with E-state index in [1.807, 2.05) is 19.2 Å². The number of hydrogen-bond donors (Lipinski definition) is 1. The number of anilines is 1. The number of pyridine rings is 1. The van der Waals surface area contributed by atoms with E-state index in [0.717, 1.165) is 33.7 Å². The fourth-order valence-corrected chi connectivity index (χ4v) is 2.97. The summed E-state index contributed by atoms with van der Waals surface area (Å²) in [6.45, 7) is 2.05. The van der Waals surface area contributed by atoms with Crippen LogP contribution in [0.1, 0.15) is 16.7 Å². The Bertz CT molecular complexity index is 628. The molecule has 0 fully saturated rings. The maximum atomic E-state index is 6.03. The van der Waals surface area contributed by atoms with Crippen LogP contribution in [0.3, 0.4) is 0 Å². The summed E-state index contributed by atoms with van der Waals surface area (Å²) >= 11 is 9.45. The molecule has 0 saturated heterocycles. The van der Waals surface area contributed by atoms with E-state index >= 15 is 0 Å². The van der Waals surface area contributed by atoms with E-state index in [2.05, 4.69) is 44.4 Å². The van der Waals surface area contributed by atoms with Crippen LogP contribution in [0.5, 0.6) is 0 Å². The van der Waals surface area contributed by atoms with Crippen molar-refractivity contribution in [3.8, 4) is 0 Å². The number of halogens is 2. The standard InChI is InChI=1S/C15H14BrClN2/c1-9-4-14(8-18-15(9)16)19-13-6-10-2-3-12(17)5-11(10)7-13/h2-5,8,13,19H,6-7H2,1H3. The molecular weight excluding hydrogens is 324 g/mol. The molecule has 4 heteroatoms. The Labute approximate surface area is 126 Å². The highest BCUT2D eigenvalue weighted by molar-refractivity contribution is 9.10.